The van der Waals surface area contributed by atoms with Crippen LogP contribution < -0.4 is 5.32 Å². The van der Waals surface area contributed by atoms with Gasteiger partial charge in [-0.05, 0) is 42.7 Å². The molecule has 1 N–H and O–H groups in total. The van der Waals surface area contributed by atoms with E-state index in [0.29, 0.717) is 11.5 Å². The number of rotatable bonds is 7. The average Bonchev–Trinajstić information content (AvgIpc) is 3.19. The molecule has 3 rings (SSSR count). The molecule has 0 saturated heterocycles. The van der Waals surface area contributed by atoms with Gasteiger partial charge in [-0.1, -0.05) is 60.3 Å². The number of nitrogens with one attached hydrogen (secondary N) is 1. The predicted octanol–water partition coefficient (Wildman–Crippen LogP) is 4.56. The summed E-state index contributed by atoms with van der Waals surface area (Å²) in [6, 6.07) is 18.1. The molecule has 0 saturated carbocycles. The van der Waals surface area contributed by atoms with Crippen molar-refractivity contribution in [3.8, 4) is 0 Å². The maximum absolute atomic E-state index is 12.6. The number of amides is 1. The van der Waals surface area contributed by atoms with Crippen LogP contribution in [-0.2, 0) is 16.0 Å². The number of esters is 1. The quantitative estimate of drug-likeness (QED) is 0.579. The number of carbonyl (C=O) groups excluding carboxylic acids is 2. The van der Waals surface area contributed by atoms with Crippen LogP contribution >= 0.6 is 11.8 Å². The van der Waals surface area contributed by atoms with Crippen molar-refractivity contribution in [1.29, 1.82) is 0 Å². The third-order valence-electron chi connectivity index (χ3n) is 4.49. The minimum Gasteiger partial charge on any atom is -0.467 e. The topological polar surface area (TPSA) is 68.5 Å². The molecule has 1 aromatic heterocycles. The molecule has 1 unspecified atom stereocenters. The molecular weight excluding hydrogens is 386 g/mol. The number of hydrogen-bond donors (Lipinski definition) is 1. The Morgan fingerprint density at radius 3 is 2.34 bits per heavy atom. The zero-order valence-corrected chi connectivity index (χ0v) is 17.4. The Labute approximate surface area is 174 Å². The Morgan fingerprint density at radius 1 is 1.00 bits per heavy atom. The van der Waals surface area contributed by atoms with Crippen LogP contribution in [0.5, 0.6) is 0 Å². The molecule has 0 fully saturated rings. The first-order valence-corrected chi connectivity index (χ1v) is 10.1. The zero-order chi connectivity index (χ0) is 20.8. The number of aryl methyl sites for hydroxylation is 2. The van der Waals surface area contributed by atoms with E-state index in [1.165, 1.54) is 18.9 Å². The summed E-state index contributed by atoms with van der Waals surface area (Å²) in [6.07, 6.45) is 0.337. The smallest absolute Gasteiger partial charge is 0.328 e. The summed E-state index contributed by atoms with van der Waals surface area (Å²) >= 11 is 1.47. The highest BCUT2D eigenvalue weighted by Gasteiger charge is 2.24. The summed E-state index contributed by atoms with van der Waals surface area (Å²) in [5.74, 6) is -0.802. The van der Waals surface area contributed by atoms with E-state index in [1.807, 2.05) is 62.4 Å². The molecule has 5 nitrogen and oxygen atoms in total. The first-order chi connectivity index (χ1) is 14.0. The second kappa shape index (κ2) is 9.47. The molecule has 1 atom stereocenters. The fourth-order valence-electron chi connectivity index (χ4n) is 2.97. The van der Waals surface area contributed by atoms with Gasteiger partial charge in [0.1, 0.15) is 6.04 Å². The maximum Gasteiger partial charge on any atom is 0.328 e. The third-order valence-corrected chi connectivity index (χ3v) is 5.76. The molecule has 0 spiro atoms. The molecule has 6 heteroatoms. The Morgan fingerprint density at radius 2 is 1.69 bits per heavy atom. The van der Waals surface area contributed by atoms with Crippen molar-refractivity contribution >= 4 is 23.6 Å². The molecule has 150 valence electrons. The molecule has 2 aromatic carbocycles. The second-order valence-corrected chi connectivity index (χ2v) is 7.70. The lowest BCUT2D eigenvalue weighted by Gasteiger charge is -2.15. The van der Waals surface area contributed by atoms with Gasteiger partial charge in [0.2, 0.25) is 0 Å². The van der Waals surface area contributed by atoms with Crippen molar-refractivity contribution in [1.82, 2.24) is 5.32 Å². The van der Waals surface area contributed by atoms with Crippen LogP contribution in [0.15, 0.2) is 75.1 Å². The number of benzene rings is 2. The number of carbonyl (C=O) groups is 2. The normalized spacial score (nSPS) is 11.7. The summed E-state index contributed by atoms with van der Waals surface area (Å²) in [5, 5.41) is 3.33. The summed E-state index contributed by atoms with van der Waals surface area (Å²) in [6.45, 7) is 4.08. The fourth-order valence-corrected chi connectivity index (χ4v) is 3.90. The van der Waals surface area contributed by atoms with E-state index < -0.39 is 17.9 Å². The Kier molecular flexibility index (Phi) is 6.77. The van der Waals surface area contributed by atoms with Gasteiger partial charge < -0.3 is 14.5 Å². The van der Waals surface area contributed by atoms with E-state index >= 15 is 0 Å². The molecule has 0 aliphatic rings. The van der Waals surface area contributed by atoms with Gasteiger partial charge in [-0.15, -0.1) is 0 Å². The molecular formula is C23H23NO4S. The van der Waals surface area contributed by atoms with Crippen molar-refractivity contribution in [2.75, 3.05) is 7.11 Å². The van der Waals surface area contributed by atoms with Crippen molar-refractivity contribution in [3.63, 3.8) is 0 Å². The van der Waals surface area contributed by atoms with Gasteiger partial charge in [0.05, 0.1) is 7.11 Å². The molecule has 1 heterocycles. The number of hydrogen-bond acceptors (Lipinski definition) is 5. The average molecular weight is 410 g/mol. The summed E-state index contributed by atoms with van der Waals surface area (Å²) in [7, 11) is 1.30. The first kappa shape index (κ1) is 20.7. The van der Waals surface area contributed by atoms with Gasteiger partial charge in [-0.3, -0.25) is 4.79 Å². The van der Waals surface area contributed by atoms with Crippen molar-refractivity contribution < 1.29 is 18.7 Å². The lowest BCUT2D eigenvalue weighted by molar-refractivity contribution is -0.142. The SMILES string of the molecule is COC(=O)C(Cc1ccccc1)NC(=O)c1ccc(Sc2c(C)cccc2C)o1. The van der Waals surface area contributed by atoms with Gasteiger partial charge in [0, 0.05) is 11.3 Å². The van der Waals surface area contributed by atoms with Crippen LogP contribution in [0.1, 0.15) is 27.2 Å². The van der Waals surface area contributed by atoms with E-state index in [0.717, 1.165) is 21.6 Å². The minimum absolute atomic E-state index is 0.153. The highest BCUT2D eigenvalue weighted by Crippen LogP contribution is 2.33. The Balaban J connectivity index is 1.71. The zero-order valence-electron chi connectivity index (χ0n) is 16.6. The Hall–Kier alpha value is -2.99. The second-order valence-electron chi connectivity index (χ2n) is 6.68. The van der Waals surface area contributed by atoms with Crippen LogP contribution in [-0.4, -0.2) is 25.0 Å². The molecule has 29 heavy (non-hydrogen) atoms. The molecule has 0 aliphatic carbocycles. The van der Waals surface area contributed by atoms with Crippen LogP contribution in [0.25, 0.3) is 0 Å². The number of furan rings is 1. The highest BCUT2D eigenvalue weighted by molar-refractivity contribution is 7.99. The van der Waals surface area contributed by atoms with Gasteiger partial charge in [-0.2, -0.15) is 0 Å². The maximum atomic E-state index is 12.6. The monoisotopic (exact) mass is 409 g/mol. The summed E-state index contributed by atoms with van der Waals surface area (Å²) in [5.41, 5.74) is 3.21. The van der Waals surface area contributed by atoms with Crippen molar-refractivity contribution in [2.24, 2.45) is 0 Å². The largest absolute Gasteiger partial charge is 0.467 e. The Bertz CT molecular complexity index is 977. The third kappa shape index (κ3) is 5.29. The summed E-state index contributed by atoms with van der Waals surface area (Å²) < 4.78 is 10.6. The van der Waals surface area contributed by atoms with Crippen LogP contribution in [0.4, 0.5) is 0 Å². The molecule has 0 aliphatic heterocycles. The van der Waals surface area contributed by atoms with Crippen molar-refractivity contribution in [2.45, 2.75) is 36.3 Å². The standard InChI is InChI=1S/C23H23NO4S/c1-15-8-7-9-16(2)21(15)29-20-13-12-19(28-20)22(25)24-18(23(26)27-3)14-17-10-5-4-6-11-17/h4-13,18H,14H2,1-3H3,(H,24,25). The van der Waals surface area contributed by atoms with Gasteiger partial charge in [0.15, 0.2) is 10.9 Å². The molecule has 0 radical (unpaired) electrons. The molecule has 0 bridgehead atoms. The lowest BCUT2D eigenvalue weighted by Crippen LogP contribution is -2.42. The number of methoxy groups -OCH3 is 1. The van der Waals surface area contributed by atoms with E-state index in [2.05, 4.69) is 5.32 Å². The number of ether oxygens (including phenoxy) is 1. The van der Waals surface area contributed by atoms with E-state index in [9.17, 15) is 9.59 Å². The van der Waals surface area contributed by atoms with Crippen LogP contribution in [0.2, 0.25) is 0 Å². The van der Waals surface area contributed by atoms with Gasteiger partial charge in [-0.25, -0.2) is 4.79 Å². The highest BCUT2D eigenvalue weighted by atomic mass is 32.2. The molecule has 1 amide bonds. The van der Waals surface area contributed by atoms with Gasteiger partial charge in [0.25, 0.3) is 5.91 Å². The fraction of sp³-hybridized carbons (Fsp3) is 0.217. The minimum atomic E-state index is -0.797. The predicted molar refractivity (Wildman–Crippen MR) is 112 cm³/mol. The van der Waals surface area contributed by atoms with E-state index in [4.69, 9.17) is 9.15 Å². The molecule has 3 aromatic rings. The van der Waals surface area contributed by atoms with Crippen LogP contribution in [0, 0.1) is 13.8 Å². The van der Waals surface area contributed by atoms with E-state index in [-0.39, 0.29) is 5.76 Å². The van der Waals surface area contributed by atoms with Gasteiger partial charge >= 0.3 is 5.97 Å². The summed E-state index contributed by atoms with van der Waals surface area (Å²) in [4.78, 5) is 25.9. The van der Waals surface area contributed by atoms with Crippen molar-refractivity contribution in [3.05, 3.63) is 83.1 Å². The lowest BCUT2D eigenvalue weighted by atomic mass is 10.1. The van der Waals surface area contributed by atoms with Crippen LogP contribution in [0.3, 0.4) is 0 Å². The first-order valence-electron chi connectivity index (χ1n) is 9.24. The van der Waals surface area contributed by atoms with E-state index in [1.54, 1.807) is 12.1 Å².